The Bertz CT molecular complexity index is 456. The van der Waals surface area contributed by atoms with Crippen LogP contribution in [0.3, 0.4) is 0 Å². The molecular weight excluding hydrogens is 240 g/mol. The predicted molar refractivity (Wildman–Crippen MR) is 82.0 cm³/mol. The van der Waals surface area contributed by atoms with Gasteiger partial charge in [-0.1, -0.05) is 32.1 Å². The van der Waals surface area contributed by atoms with Crippen LogP contribution in [0.5, 0.6) is 0 Å². The van der Waals surface area contributed by atoms with Gasteiger partial charge in [-0.3, -0.25) is 0 Å². The van der Waals surface area contributed by atoms with Gasteiger partial charge in [0.2, 0.25) is 0 Å². The molecule has 0 amide bonds. The second-order valence-electron chi connectivity index (χ2n) is 5.58. The summed E-state index contributed by atoms with van der Waals surface area (Å²) in [6, 6.07) is 6.75. The van der Waals surface area contributed by atoms with E-state index in [1.165, 1.54) is 18.4 Å². The third-order valence-corrected chi connectivity index (χ3v) is 4.47. The first-order chi connectivity index (χ1) is 8.49. The van der Waals surface area contributed by atoms with Gasteiger partial charge in [0.05, 0.1) is 0 Å². The molecule has 2 rings (SSSR count). The second-order valence-corrected chi connectivity index (χ2v) is 6.02. The van der Waals surface area contributed by atoms with Crippen molar-refractivity contribution in [2.24, 2.45) is 17.6 Å². The lowest BCUT2D eigenvalue weighted by Gasteiger charge is -2.22. The Labute approximate surface area is 115 Å². The molecule has 0 bridgehead atoms. The highest BCUT2D eigenvalue weighted by molar-refractivity contribution is 7.80. The quantitative estimate of drug-likeness (QED) is 0.819. The first-order valence-corrected chi connectivity index (χ1v) is 7.07. The highest BCUT2D eigenvalue weighted by atomic mass is 32.1. The monoisotopic (exact) mass is 262 g/mol. The van der Waals surface area contributed by atoms with Crippen LogP contribution in [-0.2, 0) is 0 Å². The van der Waals surface area contributed by atoms with Crippen LogP contribution in [-0.4, -0.2) is 11.0 Å². The van der Waals surface area contributed by atoms with Gasteiger partial charge in [-0.25, -0.2) is 0 Å². The lowest BCUT2D eigenvalue weighted by Crippen LogP contribution is -2.25. The number of rotatable bonds is 3. The summed E-state index contributed by atoms with van der Waals surface area (Å²) >= 11 is 5.12. The van der Waals surface area contributed by atoms with Gasteiger partial charge < -0.3 is 11.1 Å². The fourth-order valence-corrected chi connectivity index (χ4v) is 2.94. The first kappa shape index (κ1) is 13.3. The van der Waals surface area contributed by atoms with Crippen molar-refractivity contribution in [3.05, 3.63) is 29.3 Å². The van der Waals surface area contributed by atoms with E-state index in [9.17, 15) is 0 Å². The van der Waals surface area contributed by atoms with Gasteiger partial charge in [-0.15, -0.1) is 0 Å². The summed E-state index contributed by atoms with van der Waals surface area (Å²) in [6.45, 7) is 6.75. The average Bonchev–Trinajstić information content (AvgIpc) is 2.61. The number of nitrogens with two attached hydrogens (primary N) is 1. The lowest BCUT2D eigenvalue weighted by atomic mass is 9.97. The zero-order chi connectivity index (χ0) is 13.3. The number of anilines is 1. The maximum Gasteiger partial charge on any atom is 0.106 e. The Morgan fingerprint density at radius 2 is 2.06 bits per heavy atom. The summed E-state index contributed by atoms with van der Waals surface area (Å²) in [5, 5.41) is 3.64. The normalized spacial score (nSPS) is 27.2. The van der Waals surface area contributed by atoms with Gasteiger partial charge in [-0.05, 0) is 49.3 Å². The molecule has 2 nitrogen and oxygen atoms in total. The zero-order valence-electron chi connectivity index (χ0n) is 11.4. The van der Waals surface area contributed by atoms with Gasteiger partial charge in [0.1, 0.15) is 4.99 Å². The Morgan fingerprint density at radius 1 is 1.33 bits per heavy atom. The number of benzene rings is 1. The van der Waals surface area contributed by atoms with E-state index in [1.807, 2.05) is 6.07 Å². The first-order valence-electron chi connectivity index (χ1n) is 6.66. The van der Waals surface area contributed by atoms with Crippen molar-refractivity contribution in [2.45, 2.75) is 39.7 Å². The van der Waals surface area contributed by atoms with Gasteiger partial charge in [0.25, 0.3) is 0 Å². The molecule has 3 unspecified atom stereocenters. The number of hydrogen-bond acceptors (Lipinski definition) is 2. The maximum atomic E-state index is 5.79. The van der Waals surface area contributed by atoms with Crippen molar-refractivity contribution >= 4 is 22.9 Å². The van der Waals surface area contributed by atoms with E-state index in [4.69, 9.17) is 18.0 Å². The van der Waals surface area contributed by atoms with Crippen LogP contribution in [0.25, 0.3) is 0 Å². The standard InChI is InChI=1S/C15H22N2S/c1-9-4-6-12(15(16)18)14(8-9)17-13-7-5-10(2)11(13)3/h4,6,8,10-11,13,17H,5,7H2,1-3H3,(H2,16,18). The van der Waals surface area contributed by atoms with Crippen LogP contribution in [0.1, 0.15) is 37.8 Å². The highest BCUT2D eigenvalue weighted by Gasteiger charge is 2.29. The predicted octanol–water partition coefficient (Wildman–Crippen LogP) is 3.48. The molecule has 0 aromatic heterocycles. The minimum absolute atomic E-state index is 0.469. The van der Waals surface area contributed by atoms with Crippen LogP contribution in [0.15, 0.2) is 18.2 Å². The summed E-state index contributed by atoms with van der Waals surface area (Å²) in [6.07, 6.45) is 2.53. The van der Waals surface area contributed by atoms with Crippen molar-refractivity contribution in [1.82, 2.24) is 0 Å². The van der Waals surface area contributed by atoms with Crippen LogP contribution in [0.2, 0.25) is 0 Å². The van der Waals surface area contributed by atoms with Gasteiger partial charge in [0.15, 0.2) is 0 Å². The largest absolute Gasteiger partial charge is 0.389 e. The molecule has 0 heterocycles. The van der Waals surface area contributed by atoms with Crippen molar-refractivity contribution in [1.29, 1.82) is 0 Å². The van der Waals surface area contributed by atoms with Crippen LogP contribution < -0.4 is 11.1 Å². The average molecular weight is 262 g/mol. The molecule has 3 N–H and O–H groups in total. The Morgan fingerprint density at radius 3 is 2.61 bits per heavy atom. The zero-order valence-corrected chi connectivity index (χ0v) is 12.2. The topological polar surface area (TPSA) is 38.0 Å². The molecule has 1 aliphatic carbocycles. The molecule has 3 atom stereocenters. The lowest BCUT2D eigenvalue weighted by molar-refractivity contribution is 0.435. The molecule has 0 saturated heterocycles. The molecule has 0 radical (unpaired) electrons. The molecule has 1 fully saturated rings. The van der Waals surface area contributed by atoms with Crippen LogP contribution >= 0.6 is 12.2 Å². The highest BCUT2D eigenvalue weighted by Crippen LogP contribution is 2.34. The molecule has 0 aliphatic heterocycles. The molecule has 1 aromatic rings. The minimum Gasteiger partial charge on any atom is -0.389 e. The molecule has 98 valence electrons. The fourth-order valence-electron chi connectivity index (χ4n) is 2.76. The summed E-state index contributed by atoms with van der Waals surface area (Å²) in [5.41, 5.74) is 9.08. The van der Waals surface area contributed by atoms with E-state index in [-0.39, 0.29) is 0 Å². The van der Waals surface area contributed by atoms with E-state index >= 15 is 0 Å². The smallest absolute Gasteiger partial charge is 0.106 e. The number of nitrogens with one attached hydrogen (secondary N) is 1. The Kier molecular flexibility index (Phi) is 3.91. The summed E-state index contributed by atoms with van der Waals surface area (Å²) < 4.78 is 0. The SMILES string of the molecule is Cc1ccc(C(N)=S)c(NC2CCC(C)C2C)c1. The fraction of sp³-hybridized carbons (Fsp3) is 0.533. The molecule has 18 heavy (non-hydrogen) atoms. The van der Waals surface area contributed by atoms with E-state index in [0.717, 1.165) is 17.2 Å². The molecule has 1 saturated carbocycles. The number of thiocarbonyl (C=S) groups is 1. The van der Waals surface area contributed by atoms with Gasteiger partial charge >= 0.3 is 0 Å². The third-order valence-electron chi connectivity index (χ3n) is 4.25. The molecule has 0 spiro atoms. The second kappa shape index (κ2) is 5.27. The minimum atomic E-state index is 0.469. The summed E-state index contributed by atoms with van der Waals surface area (Å²) in [4.78, 5) is 0.469. The third kappa shape index (κ3) is 2.66. The van der Waals surface area contributed by atoms with E-state index in [0.29, 0.717) is 16.9 Å². The van der Waals surface area contributed by atoms with Crippen molar-refractivity contribution < 1.29 is 0 Å². The summed E-state index contributed by atoms with van der Waals surface area (Å²) in [7, 11) is 0. The molecule has 1 aliphatic rings. The van der Waals surface area contributed by atoms with Crippen molar-refractivity contribution in [3.8, 4) is 0 Å². The van der Waals surface area contributed by atoms with E-state index < -0.39 is 0 Å². The molecule has 3 heteroatoms. The van der Waals surface area contributed by atoms with Crippen LogP contribution in [0.4, 0.5) is 5.69 Å². The molecular formula is C15H22N2S. The Hall–Kier alpha value is -1.09. The Balaban J connectivity index is 2.23. The summed E-state index contributed by atoms with van der Waals surface area (Å²) in [5.74, 6) is 1.49. The molecule has 1 aromatic carbocycles. The van der Waals surface area contributed by atoms with Crippen LogP contribution in [0, 0.1) is 18.8 Å². The van der Waals surface area contributed by atoms with Gasteiger partial charge in [0, 0.05) is 17.3 Å². The maximum absolute atomic E-state index is 5.79. The van der Waals surface area contributed by atoms with Gasteiger partial charge in [-0.2, -0.15) is 0 Å². The van der Waals surface area contributed by atoms with E-state index in [1.54, 1.807) is 0 Å². The number of aryl methyl sites for hydroxylation is 1. The number of hydrogen-bond donors (Lipinski definition) is 2. The van der Waals surface area contributed by atoms with E-state index in [2.05, 4.69) is 38.2 Å². The van der Waals surface area contributed by atoms with Crippen molar-refractivity contribution in [2.75, 3.05) is 5.32 Å². The van der Waals surface area contributed by atoms with Crippen molar-refractivity contribution in [3.63, 3.8) is 0 Å².